The second-order valence-electron chi connectivity index (χ2n) is 2.14. The van der Waals surface area contributed by atoms with E-state index in [1.807, 2.05) is 0 Å². The zero-order valence-corrected chi connectivity index (χ0v) is 8.52. The first-order valence-electron chi connectivity index (χ1n) is 3.53. The number of nitrogens with zero attached hydrogens (tertiary/aromatic N) is 2. The SMILES string of the molecule is CNC(=O)CSc1cncc(Cl)n1. The van der Waals surface area contributed by atoms with Gasteiger partial charge in [-0.3, -0.25) is 9.78 Å². The van der Waals surface area contributed by atoms with Crippen LogP contribution in [0, 0.1) is 0 Å². The Morgan fingerprint density at radius 2 is 2.46 bits per heavy atom. The Balaban J connectivity index is 2.50. The monoisotopic (exact) mass is 217 g/mol. The number of rotatable bonds is 3. The standard InChI is InChI=1S/C7H8ClN3OS/c1-9-6(12)4-13-7-3-10-2-5(8)11-7/h2-3H,4H2,1H3,(H,9,12). The van der Waals surface area contributed by atoms with Crippen LogP contribution in [-0.2, 0) is 4.79 Å². The molecule has 0 atom stereocenters. The zero-order valence-electron chi connectivity index (χ0n) is 6.95. The van der Waals surface area contributed by atoms with Crippen LogP contribution in [0.25, 0.3) is 0 Å². The van der Waals surface area contributed by atoms with E-state index in [0.717, 1.165) is 0 Å². The van der Waals surface area contributed by atoms with Crippen molar-refractivity contribution >= 4 is 29.3 Å². The molecule has 0 radical (unpaired) electrons. The number of carbonyl (C=O) groups is 1. The summed E-state index contributed by atoms with van der Waals surface area (Å²) in [6, 6.07) is 0. The highest BCUT2D eigenvalue weighted by Crippen LogP contribution is 2.15. The minimum absolute atomic E-state index is 0.0493. The normalized spacial score (nSPS) is 9.69. The minimum atomic E-state index is -0.0493. The summed E-state index contributed by atoms with van der Waals surface area (Å²) < 4.78 is 0. The summed E-state index contributed by atoms with van der Waals surface area (Å²) in [5.41, 5.74) is 0. The van der Waals surface area contributed by atoms with Gasteiger partial charge in [0.2, 0.25) is 5.91 Å². The largest absolute Gasteiger partial charge is 0.358 e. The third-order valence-corrected chi connectivity index (χ3v) is 2.29. The molecule has 1 aromatic heterocycles. The van der Waals surface area contributed by atoms with Crippen LogP contribution in [0.2, 0.25) is 5.15 Å². The number of hydrogen-bond donors (Lipinski definition) is 1. The van der Waals surface area contributed by atoms with Gasteiger partial charge in [0, 0.05) is 7.05 Å². The van der Waals surface area contributed by atoms with E-state index in [4.69, 9.17) is 11.6 Å². The van der Waals surface area contributed by atoms with Crippen molar-refractivity contribution in [3.63, 3.8) is 0 Å². The Kier molecular flexibility index (Phi) is 3.98. The lowest BCUT2D eigenvalue weighted by Gasteiger charge is -1.98. The topological polar surface area (TPSA) is 54.9 Å². The van der Waals surface area contributed by atoms with Crippen molar-refractivity contribution in [2.45, 2.75) is 5.03 Å². The van der Waals surface area contributed by atoms with Crippen molar-refractivity contribution in [1.29, 1.82) is 0 Å². The van der Waals surface area contributed by atoms with E-state index >= 15 is 0 Å². The molecule has 1 N–H and O–H groups in total. The number of hydrogen-bond acceptors (Lipinski definition) is 4. The van der Waals surface area contributed by atoms with Crippen molar-refractivity contribution in [2.24, 2.45) is 0 Å². The molecule has 0 unspecified atom stereocenters. The number of carbonyl (C=O) groups excluding carboxylic acids is 1. The number of thioether (sulfide) groups is 1. The molecule has 6 heteroatoms. The molecule has 70 valence electrons. The summed E-state index contributed by atoms with van der Waals surface area (Å²) in [5.74, 6) is 0.276. The van der Waals surface area contributed by atoms with Gasteiger partial charge in [0.25, 0.3) is 0 Å². The fourth-order valence-corrected chi connectivity index (χ4v) is 1.53. The third-order valence-electron chi connectivity index (χ3n) is 1.21. The van der Waals surface area contributed by atoms with Crippen LogP contribution in [0.3, 0.4) is 0 Å². The molecule has 1 amide bonds. The highest BCUT2D eigenvalue weighted by Gasteiger charge is 2.01. The number of aromatic nitrogens is 2. The molecule has 1 heterocycles. The van der Waals surface area contributed by atoms with Gasteiger partial charge in [-0.2, -0.15) is 0 Å². The number of nitrogens with one attached hydrogen (secondary N) is 1. The zero-order chi connectivity index (χ0) is 9.68. The van der Waals surface area contributed by atoms with Gasteiger partial charge >= 0.3 is 0 Å². The van der Waals surface area contributed by atoms with Gasteiger partial charge in [0.05, 0.1) is 18.1 Å². The smallest absolute Gasteiger partial charge is 0.230 e. The van der Waals surface area contributed by atoms with Crippen molar-refractivity contribution in [1.82, 2.24) is 15.3 Å². The number of halogens is 1. The van der Waals surface area contributed by atoms with Crippen LogP contribution >= 0.6 is 23.4 Å². The molecule has 4 nitrogen and oxygen atoms in total. The van der Waals surface area contributed by atoms with E-state index in [1.165, 1.54) is 18.0 Å². The molecule has 0 saturated carbocycles. The Morgan fingerprint density at radius 3 is 3.08 bits per heavy atom. The predicted molar refractivity (Wildman–Crippen MR) is 51.8 cm³/mol. The fraction of sp³-hybridized carbons (Fsp3) is 0.286. The Hall–Kier alpha value is -0.810. The van der Waals surface area contributed by atoms with Gasteiger partial charge in [0.1, 0.15) is 10.2 Å². The molecule has 0 aliphatic heterocycles. The first-order valence-corrected chi connectivity index (χ1v) is 4.89. The van der Waals surface area contributed by atoms with Gasteiger partial charge in [-0.15, -0.1) is 0 Å². The van der Waals surface area contributed by atoms with Gasteiger partial charge in [0.15, 0.2) is 0 Å². The molecule has 0 aromatic carbocycles. The van der Waals surface area contributed by atoms with Crippen LogP contribution in [-0.4, -0.2) is 28.7 Å². The summed E-state index contributed by atoms with van der Waals surface area (Å²) in [6.07, 6.45) is 3.02. The molecule has 1 rings (SSSR count). The van der Waals surface area contributed by atoms with Crippen LogP contribution in [0.1, 0.15) is 0 Å². The lowest BCUT2D eigenvalue weighted by atomic mass is 10.7. The maximum absolute atomic E-state index is 10.9. The van der Waals surface area contributed by atoms with Crippen molar-refractivity contribution in [2.75, 3.05) is 12.8 Å². The van der Waals surface area contributed by atoms with Crippen LogP contribution < -0.4 is 5.32 Å². The van der Waals surface area contributed by atoms with E-state index in [1.54, 1.807) is 13.2 Å². The summed E-state index contributed by atoms with van der Waals surface area (Å²) >= 11 is 6.90. The second-order valence-corrected chi connectivity index (χ2v) is 3.52. The van der Waals surface area contributed by atoms with Crippen LogP contribution in [0.5, 0.6) is 0 Å². The average molecular weight is 218 g/mol. The van der Waals surface area contributed by atoms with E-state index in [0.29, 0.717) is 15.9 Å². The van der Waals surface area contributed by atoms with Gasteiger partial charge < -0.3 is 5.32 Å². The highest BCUT2D eigenvalue weighted by atomic mass is 35.5. The van der Waals surface area contributed by atoms with Crippen LogP contribution in [0.4, 0.5) is 0 Å². The van der Waals surface area contributed by atoms with Crippen molar-refractivity contribution < 1.29 is 4.79 Å². The van der Waals surface area contributed by atoms with Crippen molar-refractivity contribution in [3.05, 3.63) is 17.5 Å². The lowest BCUT2D eigenvalue weighted by Crippen LogP contribution is -2.19. The Morgan fingerprint density at radius 1 is 1.69 bits per heavy atom. The average Bonchev–Trinajstić information content (AvgIpc) is 2.14. The molecule has 13 heavy (non-hydrogen) atoms. The predicted octanol–water partition coefficient (Wildman–Crippen LogP) is 0.968. The summed E-state index contributed by atoms with van der Waals surface area (Å²) in [7, 11) is 1.59. The molecule has 0 aliphatic rings. The van der Waals surface area contributed by atoms with Gasteiger partial charge in [-0.05, 0) is 0 Å². The fourth-order valence-electron chi connectivity index (χ4n) is 0.607. The van der Waals surface area contributed by atoms with Crippen LogP contribution in [0.15, 0.2) is 17.4 Å². The van der Waals surface area contributed by atoms with E-state index < -0.39 is 0 Å². The third kappa shape index (κ3) is 3.61. The highest BCUT2D eigenvalue weighted by molar-refractivity contribution is 7.99. The molecule has 0 saturated heterocycles. The molecule has 0 fully saturated rings. The summed E-state index contributed by atoms with van der Waals surface area (Å²) in [6.45, 7) is 0. The van der Waals surface area contributed by atoms with Gasteiger partial charge in [-0.1, -0.05) is 23.4 Å². The summed E-state index contributed by atoms with van der Waals surface area (Å²) in [5, 5.41) is 3.49. The molecule has 1 aromatic rings. The molecule has 0 bridgehead atoms. The molecule has 0 aliphatic carbocycles. The first-order chi connectivity index (χ1) is 6.22. The quantitative estimate of drug-likeness (QED) is 0.767. The first kappa shape index (κ1) is 10.3. The van der Waals surface area contributed by atoms with Crippen molar-refractivity contribution in [3.8, 4) is 0 Å². The maximum Gasteiger partial charge on any atom is 0.230 e. The molecular weight excluding hydrogens is 210 g/mol. The minimum Gasteiger partial charge on any atom is -0.358 e. The molecular formula is C7H8ClN3OS. The van der Waals surface area contributed by atoms with E-state index in [2.05, 4.69) is 15.3 Å². The van der Waals surface area contributed by atoms with E-state index in [-0.39, 0.29) is 5.91 Å². The lowest BCUT2D eigenvalue weighted by molar-refractivity contribution is -0.118. The van der Waals surface area contributed by atoms with E-state index in [9.17, 15) is 4.79 Å². The number of amides is 1. The Bertz CT molecular complexity index is 308. The second kappa shape index (κ2) is 5.04. The summed E-state index contributed by atoms with van der Waals surface area (Å²) in [4.78, 5) is 18.7. The molecule has 0 spiro atoms. The maximum atomic E-state index is 10.9. The van der Waals surface area contributed by atoms with Gasteiger partial charge in [-0.25, -0.2) is 4.98 Å². The Labute approximate surface area is 85.1 Å².